The molecule has 2 saturated heterocycles. The molecule has 3 aliphatic rings. The van der Waals surface area contributed by atoms with Crippen molar-refractivity contribution in [3.8, 4) is 0 Å². The number of amides is 1. The van der Waals surface area contributed by atoms with Gasteiger partial charge in [0.1, 0.15) is 0 Å². The topological polar surface area (TPSA) is 52.8 Å². The van der Waals surface area contributed by atoms with Gasteiger partial charge in [0.25, 0.3) is 5.91 Å². The van der Waals surface area contributed by atoms with Crippen LogP contribution in [-0.4, -0.2) is 76.9 Å². The first kappa shape index (κ1) is 18.0. The van der Waals surface area contributed by atoms with E-state index in [1.54, 1.807) is 0 Å². The van der Waals surface area contributed by atoms with Crippen LogP contribution in [-0.2, 0) is 0 Å². The molecule has 144 valence electrons. The van der Waals surface area contributed by atoms with Crippen molar-refractivity contribution in [2.45, 2.75) is 64.5 Å². The number of carbonyl (C=O) groups excluding carboxylic acids is 1. The number of carbonyl (C=O) groups is 1. The average Bonchev–Trinajstić information content (AvgIpc) is 3.44. The van der Waals surface area contributed by atoms with Crippen LogP contribution in [0.25, 0.3) is 0 Å². The van der Waals surface area contributed by atoms with E-state index in [0.717, 1.165) is 76.5 Å². The van der Waals surface area contributed by atoms with Gasteiger partial charge in [0.2, 0.25) is 5.76 Å². The second-order valence-electron chi connectivity index (χ2n) is 8.43. The predicted octanol–water partition coefficient (Wildman–Crippen LogP) is 2.49. The summed E-state index contributed by atoms with van der Waals surface area (Å²) in [6, 6.07) is 1.26. The van der Waals surface area contributed by atoms with Gasteiger partial charge in [0, 0.05) is 57.3 Å². The molecule has 1 saturated carbocycles. The largest absolute Gasteiger partial charge is 0.435 e. The van der Waals surface area contributed by atoms with Crippen molar-refractivity contribution in [1.82, 2.24) is 19.7 Å². The monoisotopic (exact) mass is 360 g/mol. The number of hydrogen-bond acceptors (Lipinski definition) is 5. The fraction of sp³-hybridized carbons (Fsp3) is 0.800. The van der Waals surface area contributed by atoms with Crippen LogP contribution >= 0.6 is 0 Å². The molecule has 1 aromatic heterocycles. The van der Waals surface area contributed by atoms with Crippen molar-refractivity contribution in [2.24, 2.45) is 0 Å². The number of rotatable bonds is 4. The van der Waals surface area contributed by atoms with Crippen molar-refractivity contribution in [1.29, 1.82) is 0 Å². The lowest BCUT2D eigenvalue weighted by Crippen LogP contribution is -2.54. The highest BCUT2D eigenvalue weighted by Gasteiger charge is 2.34. The standard InChI is InChI=1S/C20H32N4O2/c1-14(2)22-10-12-23(13-11-22)17-6-8-24(9-7-17)20(25)18-15(3)21-19(26-18)16-4-5-16/h14,16-17H,4-13H2,1-3H3. The molecule has 1 aromatic rings. The Balaban J connectivity index is 1.30. The van der Waals surface area contributed by atoms with E-state index in [4.69, 9.17) is 4.42 Å². The molecular weight excluding hydrogens is 328 g/mol. The highest BCUT2D eigenvalue weighted by Crippen LogP contribution is 2.40. The Kier molecular flexibility index (Phi) is 5.06. The van der Waals surface area contributed by atoms with Gasteiger partial charge in [0.05, 0.1) is 5.69 Å². The van der Waals surface area contributed by atoms with Crippen LogP contribution in [0.5, 0.6) is 0 Å². The van der Waals surface area contributed by atoms with E-state index in [2.05, 4.69) is 28.6 Å². The first-order valence-corrected chi connectivity index (χ1v) is 10.3. The van der Waals surface area contributed by atoms with Crippen LogP contribution in [0.4, 0.5) is 0 Å². The van der Waals surface area contributed by atoms with Crippen molar-refractivity contribution in [2.75, 3.05) is 39.3 Å². The second kappa shape index (κ2) is 7.31. The van der Waals surface area contributed by atoms with Crippen molar-refractivity contribution < 1.29 is 9.21 Å². The van der Waals surface area contributed by atoms with E-state index < -0.39 is 0 Å². The Morgan fingerprint density at radius 3 is 2.27 bits per heavy atom. The highest BCUT2D eigenvalue weighted by atomic mass is 16.4. The van der Waals surface area contributed by atoms with E-state index in [9.17, 15) is 4.79 Å². The molecule has 6 heteroatoms. The second-order valence-corrected chi connectivity index (χ2v) is 8.43. The van der Waals surface area contributed by atoms with E-state index in [-0.39, 0.29) is 5.91 Å². The molecule has 0 N–H and O–H groups in total. The van der Waals surface area contributed by atoms with Gasteiger partial charge in [-0.3, -0.25) is 14.6 Å². The van der Waals surface area contributed by atoms with Gasteiger partial charge in [0.15, 0.2) is 5.89 Å². The van der Waals surface area contributed by atoms with Crippen LogP contribution < -0.4 is 0 Å². The third-order valence-corrected chi connectivity index (χ3v) is 6.28. The summed E-state index contributed by atoms with van der Waals surface area (Å²) in [7, 11) is 0. The molecule has 0 spiro atoms. The number of nitrogens with zero attached hydrogens (tertiary/aromatic N) is 4. The molecule has 0 unspecified atom stereocenters. The number of likely N-dealkylation sites (tertiary alicyclic amines) is 1. The van der Waals surface area contributed by atoms with Gasteiger partial charge in [-0.25, -0.2) is 4.98 Å². The van der Waals surface area contributed by atoms with Crippen LogP contribution in [0.1, 0.15) is 67.6 Å². The van der Waals surface area contributed by atoms with Gasteiger partial charge in [-0.2, -0.15) is 0 Å². The SMILES string of the molecule is Cc1nc(C2CC2)oc1C(=O)N1CCC(N2CCN(C(C)C)CC2)CC1. The van der Waals surface area contributed by atoms with Crippen molar-refractivity contribution in [3.05, 3.63) is 17.3 Å². The normalized spacial score (nSPS) is 23.8. The molecule has 0 atom stereocenters. The Morgan fingerprint density at radius 1 is 1.04 bits per heavy atom. The maximum Gasteiger partial charge on any atom is 0.291 e. The summed E-state index contributed by atoms with van der Waals surface area (Å²) in [5.74, 6) is 1.72. The van der Waals surface area contributed by atoms with Crippen LogP contribution in [0.3, 0.4) is 0 Å². The summed E-state index contributed by atoms with van der Waals surface area (Å²) >= 11 is 0. The minimum absolute atomic E-state index is 0.0324. The van der Waals surface area contributed by atoms with E-state index >= 15 is 0 Å². The molecule has 0 radical (unpaired) electrons. The van der Waals surface area contributed by atoms with E-state index in [1.165, 1.54) is 0 Å². The van der Waals surface area contributed by atoms with Crippen LogP contribution in [0.2, 0.25) is 0 Å². The summed E-state index contributed by atoms with van der Waals surface area (Å²) in [5.41, 5.74) is 0.754. The van der Waals surface area contributed by atoms with Crippen molar-refractivity contribution >= 4 is 5.91 Å². The molecule has 3 heterocycles. The summed E-state index contributed by atoms with van der Waals surface area (Å²) in [6.45, 7) is 12.7. The molecule has 0 bridgehead atoms. The summed E-state index contributed by atoms with van der Waals surface area (Å²) in [5, 5.41) is 0. The molecule has 2 aliphatic heterocycles. The lowest BCUT2D eigenvalue weighted by Gasteiger charge is -2.43. The Hall–Kier alpha value is -1.40. The van der Waals surface area contributed by atoms with Crippen LogP contribution in [0, 0.1) is 6.92 Å². The average molecular weight is 361 g/mol. The molecule has 6 nitrogen and oxygen atoms in total. The zero-order chi connectivity index (χ0) is 18.3. The Labute approximate surface area is 156 Å². The first-order valence-electron chi connectivity index (χ1n) is 10.3. The predicted molar refractivity (Wildman–Crippen MR) is 100 cm³/mol. The molecule has 4 rings (SSSR count). The number of piperidine rings is 1. The highest BCUT2D eigenvalue weighted by molar-refractivity contribution is 5.92. The summed E-state index contributed by atoms with van der Waals surface area (Å²) < 4.78 is 5.81. The van der Waals surface area contributed by atoms with Crippen molar-refractivity contribution in [3.63, 3.8) is 0 Å². The molecule has 26 heavy (non-hydrogen) atoms. The number of hydrogen-bond donors (Lipinski definition) is 0. The lowest BCUT2D eigenvalue weighted by molar-refractivity contribution is 0.0405. The molecule has 1 amide bonds. The zero-order valence-electron chi connectivity index (χ0n) is 16.4. The third-order valence-electron chi connectivity index (χ3n) is 6.28. The van der Waals surface area contributed by atoms with Crippen LogP contribution in [0.15, 0.2) is 4.42 Å². The third kappa shape index (κ3) is 3.67. The van der Waals surface area contributed by atoms with Gasteiger partial charge in [-0.15, -0.1) is 0 Å². The zero-order valence-corrected chi connectivity index (χ0v) is 16.4. The number of piperazine rings is 1. The molecule has 0 aromatic carbocycles. The van der Waals surface area contributed by atoms with E-state index in [1.807, 2.05) is 11.8 Å². The first-order chi connectivity index (χ1) is 12.5. The molecular formula is C20H32N4O2. The maximum absolute atomic E-state index is 12.8. The number of oxazole rings is 1. The van der Waals surface area contributed by atoms with Gasteiger partial charge in [-0.05, 0) is 46.5 Å². The summed E-state index contributed by atoms with van der Waals surface area (Å²) in [4.78, 5) is 24.5. The minimum Gasteiger partial charge on any atom is -0.435 e. The smallest absolute Gasteiger partial charge is 0.291 e. The van der Waals surface area contributed by atoms with Gasteiger partial charge < -0.3 is 9.32 Å². The quantitative estimate of drug-likeness (QED) is 0.826. The molecule has 3 fully saturated rings. The summed E-state index contributed by atoms with van der Waals surface area (Å²) in [6.07, 6.45) is 4.41. The lowest BCUT2D eigenvalue weighted by atomic mass is 10.0. The van der Waals surface area contributed by atoms with Gasteiger partial charge in [-0.1, -0.05) is 0 Å². The fourth-order valence-electron chi connectivity index (χ4n) is 4.32. The number of aromatic nitrogens is 1. The van der Waals surface area contributed by atoms with E-state index in [0.29, 0.717) is 23.8 Å². The Bertz CT molecular complexity index is 636. The minimum atomic E-state index is 0.0324. The van der Waals surface area contributed by atoms with Gasteiger partial charge >= 0.3 is 0 Å². The maximum atomic E-state index is 12.8. The Morgan fingerprint density at radius 2 is 1.69 bits per heavy atom. The number of aryl methyl sites for hydroxylation is 1. The molecule has 1 aliphatic carbocycles. The fourth-order valence-corrected chi connectivity index (χ4v) is 4.32.